The van der Waals surface area contributed by atoms with Crippen LogP contribution in [0.15, 0.2) is 30.3 Å². The zero-order valence-corrected chi connectivity index (χ0v) is 13.7. The minimum Gasteiger partial charge on any atom is -0.324 e. The molecule has 0 aromatic heterocycles. The van der Waals surface area contributed by atoms with Gasteiger partial charge in [0, 0.05) is 22.9 Å². The molecule has 0 spiro atoms. The van der Waals surface area contributed by atoms with Crippen molar-refractivity contribution in [3.8, 4) is 0 Å². The van der Waals surface area contributed by atoms with Gasteiger partial charge < -0.3 is 11.1 Å². The Kier molecular flexibility index (Phi) is 5.69. The molecule has 2 aromatic carbocycles. The van der Waals surface area contributed by atoms with Crippen LogP contribution in [-0.2, 0) is 6.42 Å². The normalized spacial score (nSPS) is 15.7. The third kappa shape index (κ3) is 3.62. The fourth-order valence-electron chi connectivity index (χ4n) is 2.95. The largest absolute Gasteiger partial charge is 0.324 e. The number of anilines is 1. The Morgan fingerprint density at radius 2 is 1.84 bits per heavy atom. The summed E-state index contributed by atoms with van der Waals surface area (Å²) in [5.74, 6) is -2.09. The fourth-order valence-corrected chi connectivity index (χ4v) is 2.95. The lowest BCUT2D eigenvalue weighted by Gasteiger charge is -2.12. The minimum atomic E-state index is -2.99. The first-order valence-electron chi connectivity index (χ1n) is 7.34. The molecule has 0 aliphatic heterocycles. The number of nitrogens with two attached hydrogens (primary N) is 1. The van der Waals surface area contributed by atoms with E-state index in [0.717, 1.165) is 18.2 Å². The summed E-state index contributed by atoms with van der Waals surface area (Å²) in [4.78, 5) is 12.4. The van der Waals surface area contributed by atoms with Gasteiger partial charge in [-0.1, -0.05) is 0 Å². The van der Waals surface area contributed by atoms with Crippen molar-refractivity contribution in [2.75, 3.05) is 5.32 Å². The number of hydrogen-bond donors (Lipinski definition) is 2. The van der Waals surface area contributed by atoms with Crippen LogP contribution in [0.25, 0.3) is 0 Å². The zero-order valence-electron chi connectivity index (χ0n) is 12.9. The highest BCUT2D eigenvalue weighted by Crippen LogP contribution is 2.34. The molecule has 0 bridgehead atoms. The van der Waals surface area contributed by atoms with Gasteiger partial charge in [-0.3, -0.25) is 4.79 Å². The molecule has 0 unspecified atom stereocenters. The molecule has 1 aliphatic rings. The summed E-state index contributed by atoms with van der Waals surface area (Å²) in [7, 11) is 0. The number of rotatable bonds is 3. The van der Waals surface area contributed by atoms with Gasteiger partial charge in [0.1, 0.15) is 11.6 Å². The molecular weight excluding hydrogens is 360 g/mol. The highest BCUT2D eigenvalue weighted by Gasteiger charge is 2.27. The number of hydrogen-bond acceptors (Lipinski definition) is 2. The molecule has 3 N–H and O–H groups in total. The molecule has 0 radical (unpaired) electrons. The van der Waals surface area contributed by atoms with E-state index in [-0.39, 0.29) is 23.7 Å². The molecule has 8 heteroatoms. The summed E-state index contributed by atoms with van der Waals surface area (Å²) in [5.41, 5.74) is 6.17. The van der Waals surface area contributed by atoms with Crippen molar-refractivity contribution in [3.63, 3.8) is 0 Å². The fraction of sp³-hybridized carbons (Fsp3) is 0.235. The second-order valence-corrected chi connectivity index (χ2v) is 5.62. The first-order valence-corrected chi connectivity index (χ1v) is 7.34. The molecule has 0 saturated carbocycles. The molecule has 25 heavy (non-hydrogen) atoms. The van der Waals surface area contributed by atoms with Crippen LogP contribution in [0.2, 0.25) is 0 Å². The molecule has 3 rings (SSSR count). The van der Waals surface area contributed by atoms with Crippen LogP contribution in [-0.4, -0.2) is 5.91 Å². The monoisotopic (exact) mass is 374 g/mol. The number of amides is 1. The van der Waals surface area contributed by atoms with Crippen LogP contribution in [0.1, 0.15) is 45.9 Å². The highest BCUT2D eigenvalue weighted by molar-refractivity contribution is 6.05. The average Bonchev–Trinajstić information content (AvgIpc) is 2.92. The van der Waals surface area contributed by atoms with Crippen LogP contribution in [0, 0.1) is 11.6 Å². The Balaban J connectivity index is 0.00000225. The van der Waals surface area contributed by atoms with Gasteiger partial charge in [-0.25, -0.2) is 17.6 Å². The predicted octanol–water partition coefficient (Wildman–Crippen LogP) is 4.52. The number of benzene rings is 2. The third-order valence-electron chi connectivity index (χ3n) is 4.11. The maximum absolute atomic E-state index is 13.9. The summed E-state index contributed by atoms with van der Waals surface area (Å²) in [6.07, 6.45) is -2.00. The lowest BCUT2D eigenvalue weighted by atomic mass is 10.0. The SMILES string of the molecule is Cl.N[C@H]1CCc2c(C(=O)Nc3ccc(F)c(C(F)F)c3)ccc(F)c21. The molecule has 1 amide bonds. The molecular formula is C17H15ClF4N2O. The van der Waals surface area contributed by atoms with E-state index in [9.17, 15) is 22.4 Å². The number of nitrogens with one attached hydrogen (secondary N) is 1. The van der Waals surface area contributed by atoms with Crippen molar-refractivity contribution in [1.82, 2.24) is 0 Å². The summed E-state index contributed by atoms with van der Waals surface area (Å²) < 4.78 is 52.6. The summed E-state index contributed by atoms with van der Waals surface area (Å²) >= 11 is 0. The number of alkyl halides is 2. The highest BCUT2D eigenvalue weighted by atomic mass is 35.5. The molecule has 1 atom stereocenters. The van der Waals surface area contributed by atoms with Gasteiger partial charge >= 0.3 is 0 Å². The Labute approximate surface area is 147 Å². The number of halogens is 5. The zero-order chi connectivity index (χ0) is 17.4. The molecule has 0 heterocycles. The number of fused-ring (bicyclic) bond motifs is 1. The van der Waals surface area contributed by atoms with Crippen molar-refractivity contribution in [1.29, 1.82) is 0 Å². The smallest absolute Gasteiger partial charge is 0.266 e. The Morgan fingerprint density at radius 3 is 2.52 bits per heavy atom. The second-order valence-electron chi connectivity index (χ2n) is 5.62. The maximum atomic E-state index is 13.9. The second kappa shape index (κ2) is 7.41. The van der Waals surface area contributed by atoms with Gasteiger partial charge in [0.2, 0.25) is 0 Å². The molecule has 0 fully saturated rings. The van der Waals surface area contributed by atoms with Crippen LogP contribution in [0.5, 0.6) is 0 Å². The van der Waals surface area contributed by atoms with E-state index in [2.05, 4.69) is 5.32 Å². The van der Waals surface area contributed by atoms with E-state index in [0.29, 0.717) is 24.0 Å². The molecule has 3 nitrogen and oxygen atoms in total. The van der Waals surface area contributed by atoms with Gasteiger partial charge in [-0.15, -0.1) is 12.4 Å². The van der Waals surface area contributed by atoms with E-state index in [1.807, 2.05) is 0 Å². The lowest BCUT2D eigenvalue weighted by Crippen LogP contribution is -2.16. The van der Waals surface area contributed by atoms with E-state index >= 15 is 0 Å². The Hall–Kier alpha value is -2.12. The van der Waals surface area contributed by atoms with Gasteiger partial charge in [0.15, 0.2) is 0 Å². The van der Waals surface area contributed by atoms with Gasteiger partial charge in [0.25, 0.3) is 12.3 Å². The van der Waals surface area contributed by atoms with Crippen molar-refractivity contribution < 1.29 is 22.4 Å². The van der Waals surface area contributed by atoms with Gasteiger partial charge in [-0.2, -0.15) is 0 Å². The lowest BCUT2D eigenvalue weighted by molar-refractivity contribution is 0.102. The first-order chi connectivity index (χ1) is 11.4. The predicted molar refractivity (Wildman–Crippen MR) is 88.2 cm³/mol. The quantitative estimate of drug-likeness (QED) is 0.776. The van der Waals surface area contributed by atoms with Crippen LogP contribution in [0.4, 0.5) is 23.2 Å². The Bertz CT molecular complexity index is 813. The standard InChI is InChI=1S/C17H14F4N2O.ClH/c18-12-4-1-8(7-11(12)16(20)21)23-17(24)10-2-5-13(19)15-9(10)3-6-14(15)22;/h1-2,4-5,7,14,16H,3,6,22H2,(H,23,24);1H/t14-;/m0./s1. The average molecular weight is 375 g/mol. The minimum absolute atomic E-state index is 0. The number of carbonyl (C=O) groups is 1. The van der Waals surface area contributed by atoms with E-state index in [1.165, 1.54) is 12.1 Å². The van der Waals surface area contributed by atoms with Gasteiger partial charge in [-0.05, 0) is 48.7 Å². The van der Waals surface area contributed by atoms with Gasteiger partial charge in [0.05, 0.1) is 5.56 Å². The molecule has 2 aromatic rings. The topological polar surface area (TPSA) is 55.1 Å². The Morgan fingerprint density at radius 1 is 1.16 bits per heavy atom. The summed E-state index contributed by atoms with van der Waals surface area (Å²) in [6, 6.07) is 4.96. The molecule has 0 saturated heterocycles. The van der Waals surface area contributed by atoms with Crippen LogP contribution >= 0.6 is 12.4 Å². The van der Waals surface area contributed by atoms with Crippen LogP contribution < -0.4 is 11.1 Å². The summed E-state index contributed by atoms with van der Waals surface area (Å²) in [6.45, 7) is 0. The number of carbonyl (C=O) groups excluding carboxylic acids is 1. The molecule has 1 aliphatic carbocycles. The first kappa shape index (κ1) is 19.2. The van der Waals surface area contributed by atoms with Crippen molar-refractivity contribution >= 4 is 24.0 Å². The summed E-state index contributed by atoms with van der Waals surface area (Å²) in [5, 5.41) is 2.44. The third-order valence-corrected chi connectivity index (χ3v) is 4.11. The van der Waals surface area contributed by atoms with Crippen LogP contribution in [0.3, 0.4) is 0 Å². The van der Waals surface area contributed by atoms with Crippen molar-refractivity contribution in [2.24, 2.45) is 5.73 Å². The van der Waals surface area contributed by atoms with Crippen molar-refractivity contribution in [2.45, 2.75) is 25.3 Å². The van der Waals surface area contributed by atoms with E-state index < -0.39 is 35.6 Å². The van der Waals surface area contributed by atoms with E-state index in [1.54, 1.807) is 0 Å². The van der Waals surface area contributed by atoms with Crippen molar-refractivity contribution in [3.05, 3.63) is 64.2 Å². The van der Waals surface area contributed by atoms with E-state index in [4.69, 9.17) is 5.73 Å². The maximum Gasteiger partial charge on any atom is 0.266 e. The molecule has 134 valence electrons.